The summed E-state index contributed by atoms with van der Waals surface area (Å²) in [5, 5.41) is 9.48. The molecule has 2 aliphatic carbocycles. The molecule has 20 aromatic carbocycles. The van der Waals surface area contributed by atoms with Crippen molar-refractivity contribution in [1.29, 1.82) is 0 Å². The fourth-order valence-corrected chi connectivity index (χ4v) is 21.7. The molecule has 0 unspecified atom stereocenters. The van der Waals surface area contributed by atoms with Gasteiger partial charge in [-0.2, -0.15) is 0 Å². The molecule has 0 fully saturated rings. The number of fused-ring (bicyclic) bond motifs is 18. The van der Waals surface area contributed by atoms with Crippen LogP contribution in [0.3, 0.4) is 0 Å². The van der Waals surface area contributed by atoms with E-state index in [1.54, 1.807) is 0 Å². The summed E-state index contributed by atoms with van der Waals surface area (Å²) in [5.41, 5.74) is 33.7. The number of anilines is 9. The number of nitrogens with zero attached hydrogens (tertiary/aromatic N) is 9. The smallest absolute Gasteiger partial charge is 0.162 e. The molecule has 682 valence electrons. The van der Waals surface area contributed by atoms with Crippen molar-refractivity contribution >= 4 is 150 Å². The van der Waals surface area contributed by atoms with Crippen LogP contribution in [0.5, 0.6) is 0 Å². The third-order valence-electron chi connectivity index (χ3n) is 28.7. The SMILES string of the molecule is CC1(C)c2ccccc2-c2c(N(c3ccc(-c4cccc5c4oc4ccccc45)cc3)c3nc(-c4ccccc4)nc4ccccc34)cccc21.CC1(C)c2ccccc2-c2c(N(c3ccc(-c4ccccc4)cc3)c3nc(-c4ccccc4)nc4ccccc34)cccc21.c1ccc(-c2nc(N(c3ccc(-c4cccc5c4oc4ccccc45)cc3)c3cccc4oc5ccccc5c34)c3ccccc3n2)cc1. The fraction of sp³-hybridized carbons (Fsp3) is 0.0455. The molecular weight excluding hydrogens is 1760 g/mol. The van der Waals surface area contributed by atoms with E-state index >= 15 is 0 Å². The predicted octanol–water partition coefficient (Wildman–Crippen LogP) is 35.6. The van der Waals surface area contributed by atoms with Gasteiger partial charge in [-0.25, -0.2) is 29.9 Å². The van der Waals surface area contributed by atoms with Crippen LogP contribution in [0, 0.1) is 0 Å². The average molecular weight is 1850 g/mol. The number of aromatic nitrogens is 6. The maximum Gasteiger partial charge on any atom is 0.162 e. The Kier molecular flexibility index (Phi) is 21.0. The molecule has 26 aromatic rings. The molecule has 0 radical (unpaired) electrons. The third kappa shape index (κ3) is 14.8. The summed E-state index contributed by atoms with van der Waals surface area (Å²) >= 11 is 0. The first kappa shape index (κ1) is 85.6. The van der Waals surface area contributed by atoms with E-state index in [4.69, 9.17) is 43.2 Å². The third-order valence-corrected chi connectivity index (χ3v) is 28.7. The molecule has 28 rings (SSSR count). The van der Waals surface area contributed by atoms with Gasteiger partial charge in [-0.1, -0.05) is 392 Å². The minimum absolute atomic E-state index is 0.117. The van der Waals surface area contributed by atoms with E-state index in [1.165, 1.54) is 55.6 Å². The Morgan fingerprint density at radius 2 is 0.465 bits per heavy atom. The summed E-state index contributed by atoms with van der Waals surface area (Å²) in [4.78, 5) is 38.0. The molecule has 0 bridgehead atoms. The van der Waals surface area contributed by atoms with Crippen molar-refractivity contribution < 1.29 is 13.3 Å². The molecule has 0 aliphatic heterocycles. The minimum atomic E-state index is -0.147. The zero-order chi connectivity index (χ0) is 96.1. The largest absolute Gasteiger partial charge is 0.456 e. The van der Waals surface area contributed by atoms with Crippen molar-refractivity contribution in [2.75, 3.05) is 14.7 Å². The van der Waals surface area contributed by atoms with Gasteiger partial charge in [0.05, 0.1) is 39.0 Å². The van der Waals surface area contributed by atoms with Crippen molar-refractivity contribution in [3.63, 3.8) is 0 Å². The lowest BCUT2D eigenvalue weighted by atomic mass is 9.82. The van der Waals surface area contributed by atoms with E-state index in [0.29, 0.717) is 17.5 Å². The van der Waals surface area contributed by atoms with Gasteiger partial charge >= 0.3 is 0 Å². The first-order valence-electron chi connectivity index (χ1n) is 48.9. The molecule has 0 amide bonds. The Morgan fingerprint density at radius 3 is 0.875 bits per heavy atom. The van der Waals surface area contributed by atoms with Gasteiger partial charge in [0.25, 0.3) is 0 Å². The molecule has 12 nitrogen and oxygen atoms in total. The molecule has 0 N–H and O–H groups in total. The lowest BCUT2D eigenvalue weighted by Gasteiger charge is -2.29. The Hall–Kier alpha value is -18.8. The van der Waals surface area contributed by atoms with E-state index < -0.39 is 0 Å². The molecule has 6 heterocycles. The second kappa shape index (κ2) is 35.3. The molecule has 12 heteroatoms. The number of hydrogen-bond acceptors (Lipinski definition) is 12. The van der Waals surface area contributed by atoms with Crippen LogP contribution in [-0.4, -0.2) is 29.9 Å². The van der Waals surface area contributed by atoms with E-state index in [2.05, 4.69) is 394 Å². The maximum absolute atomic E-state index is 6.43. The van der Waals surface area contributed by atoms with Crippen LogP contribution in [0.25, 0.3) is 188 Å². The van der Waals surface area contributed by atoms with Gasteiger partial charge in [0.1, 0.15) is 51.0 Å². The highest BCUT2D eigenvalue weighted by Gasteiger charge is 2.41. The van der Waals surface area contributed by atoms with Crippen molar-refractivity contribution in [3.8, 4) is 89.8 Å². The van der Waals surface area contributed by atoms with Gasteiger partial charge in [-0.15, -0.1) is 0 Å². The van der Waals surface area contributed by atoms with E-state index in [0.717, 1.165) is 189 Å². The van der Waals surface area contributed by atoms with Crippen LogP contribution in [-0.2, 0) is 10.8 Å². The number of furan rings is 3. The Balaban J connectivity index is 0.000000111. The van der Waals surface area contributed by atoms with Gasteiger partial charge in [-0.3, -0.25) is 14.7 Å². The minimum Gasteiger partial charge on any atom is -0.456 e. The maximum atomic E-state index is 6.43. The Bertz CT molecular complexity index is 9470. The summed E-state index contributed by atoms with van der Waals surface area (Å²) in [6.07, 6.45) is 0. The lowest BCUT2D eigenvalue weighted by molar-refractivity contribution is 0.660. The highest BCUT2D eigenvalue weighted by Crippen LogP contribution is 2.58. The van der Waals surface area contributed by atoms with Crippen molar-refractivity contribution in [1.82, 2.24) is 29.9 Å². The van der Waals surface area contributed by atoms with Crippen LogP contribution < -0.4 is 14.7 Å². The van der Waals surface area contributed by atoms with Crippen LogP contribution in [0.15, 0.2) is 492 Å². The van der Waals surface area contributed by atoms with Crippen molar-refractivity contribution in [3.05, 3.63) is 501 Å². The zero-order valence-electron chi connectivity index (χ0n) is 79.4. The quantitative estimate of drug-likeness (QED) is 0.0970. The number of hydrogen-bond donors (Lipinski definition) is 0. The molecule has 144 heavy (non-hydrogen) atoms. The van der Waals surface area contributed by atoms with E-state index in [9.17, 15) is 0 Å². The summed E-state index contributed by atoms with van der Waals surface area (Å²) in [6.45, 7) is 9.31. The van der Waals surface area contributed by atoms with Crippen LogP contribution in [0.4, 0.5) is 51.6 Å². The van der Waals surface area contributed by atoms with E-state index in [-0.39, 0.29) is 10.8 Å². The summed E-state index contributed by atoms with van der Waals surface area (Å²) in [6, 6.07) is 167. The number of para-hydroxylation sites is 8. The first-order chi connectivity index (χ1) is 70.9. The molecule has 0 saturated carbocycles. The second-order valence-electron chi connectivity index (χ2n) is 37.8. The monoisotopic (exact) mass is 1850 g/mol. The van der Waals surface area contributed by atoms with Gasteiger partial charge in [0.2, 0.25) is 0 Å². The molecule has 6 aromatic heterocycles. The Labute approximate surface area is 832 Å². The number of benzene rings is 20. The normalized spacial score (nSPS) is 12.6. The zero-order valence-corrected chi connectivity index (χ0v) is 79.4. The average Bonchev–Trinajstić information content (AvgIpc) is 1.56. The van der Waals surface area contributed by atoms with Crippen LogP contribution >= 0.6 is 0 Å². The summed E-state index contributed by atoms with van der Waals surface area (Å²) in [5.74, 6) is 4.54. The lowest BCUT2D eigenvalue weighted by Crippen LogP contribution is -2.17. The predicted molar refractivity (Wildman–Crippen MR) is 592 cm³/mol. The van der Waals surface area contributed by atoms with Crippen molar-refractivity contribution in [2.45, 2.75) is 38.5 Å². The summed E-state index contributed by atoms with van der Waals surface area (Å²) < 4.78 is 19.2. The topological polar surface area (TPSA) is 126 Å². The van der Waals surface area contributed by atoms with E-state index in [1.807, 2.05) is 127 Å². The molecular formula is C132H91N9O3. The van der Waals surface area contributed by atoms with Crippen LogP contribution in [0.2, 0.25) is 0 Å². The van der Waals surface area contributed by atoms with Gasteiger partial charge < -0.3 is 13.3 Å². The molecule has 0 atom stereocenters. The van der Waals surface area contributed by atoms with Crippen molar-refractivity contribution in [2.24, 2.45) is 0 Å². The molecule has 0 spiro atoms. The highest BCUT2D eigenvalue weighted by molar-refractivity contribution is 6.16. The second-order valence-corrected chi connectivity index (χ2v) is 37.8. The molecule has 0 saturated heterocycles. The van der Waals surface area contributed by atoms with Crippen LogP contribution in [0.1, 0.15) is 49.9 Å². The standard InChI is InChI=1S/C47H33N3O.C44H27N3O2.C41H31N3/c1-47(2)38-21-9-6-17-36(38)43-39(47)22-13-24-41(43)50(46-37-18-7-10-23-40(37)48-45(49-46)31-14-4-3-5-15-31)32-28-26-30(27-29-32)33-19-12-20-35-34-16-8-11-25-42(34)51-44(33)35;1-2-12-29(13-3-1)43-45-36-19-7-4-15-34(36)44(46-43)47(37-20-11-23-40-41(37)35-16-6-9-22-39(35)48-40)30-26-24-28(25-27-30)31-17-10-18-33-32-14-5-8-21-38(32)49-42(31)33;1-41(2)34-20-11-9-18-32(34)38-35(41)21-13-23-37(38)44(31-26-24-29(25-27-31)28-14-5-3-6-15-28)40-33-19-10-12-22-36(33)42-39(43-40)30-16-7-4-8-17-30/h3-29H,1-2H3;1-27H;3-27H,1-2H3. The summed E-state index contributed by atoms with van der Waals surface area (Å²) in [7, 11) is 0. The molecule has 2 aliphatic rings. The van der Waals surface area contributed by atoms with Gasteiger partial charge in [0.15, 0.2) is 17.5 Å². The highest BCUT2D eigenvalue weighted by atomic mass is 16.3. The van der Waals surface area contributed by atoms with Gasteiger partial charge in [0, 0.05) is 110 Å². The first-order valence-corrected chi connectivity index (χ1v) is 48.9. The number of rotatable bonds is 15. The Morgan fingerprint density at radius 1 is 0.188 bits per heavy atom. The fourth-order valence-electron chi connectivity index (χ4n) is 21.7. The van der Waals surface area contributed by atoms with Gasteiger partial charge in [-0.05, 0) is 171 Å².